The van der Waals surface area contributed by atoms with Crippen molar-refractivity contribution in [3.05, 3.63) is 0 Å². The largest absolute Gasteiger partial charge is 1.00 e. The summed E-state index contributed by atoms with van der Waals surface area (Å²) in [6.07, 6.45) is 3.19. The average molecular weight is 249 g/mol. The molecule has 1 unspecified atom stereocenters. The summed E-state index contributed by atoms with van der Waals surface area (Å²) < 4.78 is 29.7. The minimum atomic E-state index is -4.02. The van der Waals surface area contributed by atoms with Crippen molar-refractivity contribution in [1.29, 1.82) is 0 Å². The fourth-order valence-electron chi connectivity index (χ4n) is 1.09. The Kier molecular flexibility index (Phi) is 9.87. The van der Waals surface area contributed by atoms with Gasteiger partial charge in [0.2, 0.25) is 0 Å². The molecule has 0 saturated carbocycles. The van der Waals surface area contributed by atoms with Crippen LogP contribution in [0, 0.1) is 0 Å². The molecule has 0 spiro atoms. The number of rotatable bonds is 6. The van der Waals surface area contributed by atoms with Crippen LogP contribution >= 0.6 is 0 Å². The van der Waals surface area contributed by atoms with Gasteiger partial charge in [0.05, 0.1) is 0 Å². The third kappa shape index (κ3) is 5.55. The average Bonchev–Trinajstić information content (AvgIpc) is 2.02. The predicted molar refractivity (Wildman–Crippen MR) is 54.3 cm³/mol. The van der Waals surface area contributed by atoms with Gasteiger partial charge < -0.3 is 7.16 Å². The Morgan fingerprint density at radius 3 is 2.21 bits per heavy atom. The first-order valence-corrected chi connectivity index (χ1v) is 5.98. The second-order valence-corrected chi connectivity index (χ2v) is 5.52. The van der Waals surface area contributed by atoms with Gasteiger partial charge in [0.1, 0.15) is 4.75 Å². The first-order valence-electron chi connectivity index (χ1n) is 4.54. The Bertz CT molecular complexity index is 248. The third-order valence-corrected chi connectivity index (χ3v) is 3.98. The molecule has 3 N–H and O–H groups in total. The Hall–Kier alpha value is 1.51. The van der Waals surface area contributed by atoms with Gasteiger partial charge in [-0.25, -0.2) is 0 Å². The van der Waals surface area contributed by atoms with Gasteiger partial charge in [-0.05, 0) is 13.3 Å². The minimum absolute atomic E-state index is 0. The third-order valence-electron chi connectivity index (χ3n) is 2.36. The van der Waals surface area contributed by atoms with Gasteiger partial charge in [-0.3, -0.25) is 4.55 Å². The van der Waals surface area contributed by atoms with E-state index < -0.39 is 14.9 Å². The molecule has 0 aliphatic heterocycles. The molecule has 0 aromatic heterocycles. The molecule has 1 atom stereocenters. The molecule has 0 fully saturated rings. The Balaban J connectivity index is -0.000000720. The van der Waals surface area contributed by atoms with Crippen molar-refractivity contribution in [2.75, 3.05) is 6.54 Å². The zero-order valence-corrected chi connectivity index (χ0v) is 13.2. The maximum absolute atomic E-state index is 11.0. The van der Waals surface area contributed by atoms with Crippen LogP contribution in [0.4, 0.5) is 0 Å². The van der Waals surface area contributed by atoms with E-state index in [1.807, 2.05) is 6.92 Å². The Morgan fingerprint density at radius 1 is 1.43 bits per heavy atom. The predicted octanol–water partition coefficient (Wildman–Crippen LogP) is -1.71. The fourth-order valence-corrected chi connectivity index (χ4v) is 1.70. The molecule has 0 bridgehead atoms. The van der Waals surface area contributed by atoms with Gasteiger partial charge >= 0.3 is 51.4 Å². The molecule has 0 saturated heterocycles. The first kappa shape index (κ1) is 17.9. The SMILES string of the molecule is CCCCCC(C)(CN)S(=O)(=O)O.[H-].[K+]. The van der Waals surface area contributed by atoms with E-state index >= 15 is 0 Å². The molecule has 0 aromatic rings. The van der Waals surface area contributed by atoms with Gasteiger partial charge in [0, 0.05) is 6.54 Å². The van der Waals surface area contributed by atoms with Crippen molar-refractivity contribution in [2.45, 2.75) is 44.3 Å². The topological polar surface area (TPSA) is 80.4 Å². The molecule has 0 radical (unpaired) electrons. The molecule has 0 amide bonds. The normalized spacial score (nSPS) is 15.7. The number of hydrogen-bond acceptors (Lipinski definition) is 3. The van der Waals surface area contributed by atoms with Crippen molar-refractivity contribution < 1.29 is 65.8 Å². The molecule has 14 heavy (non-hydrogen) atoms. The zero-order valence-electron chi connectivity index (χ0n) is 10.3. The zero-order chi connectivity index (χ0) is 10.5. The van der Waals surface area contributed by atoms with Gasteiger partial charge in [-0.15, -0.1) is 0 Å². The van der Waals surface area contributed by atoms with E-state index in [4.69, 9.17) is 10.3 Å². The quantitative estimate of drug-likeness (QED) is 0.334. The van der Waals surface area contributed by atoms with Crippen LogP contribution in [0.3, 0.4) is 0 Å². The molecule has 0 aliphatic rings. The first-order chi connectivity index (χ1) is 5.87. The fraction of sp³-hybridized carbons (Fsp3) is 1.00. The van der Waals surface area contributed by atoms with E-state index in [0.29, 0.717) is 6.42 Å². The molecule has 6 heteroatoms. The summed E-state index contributed by atoms with van der Waals surface area (Å²) in [5, 5.41) is 0. The van der Waals surface area contributed by atoms with Crippen LogP contribution in [0.5, 0.6) is 0 Å². The van der Waals surface area contributed by atoms with Gasteiger partial charge in [0.15, 0.2) is 0 Å². The molecule has 0 aromatic carbocycles. The molecule has 82 valence electrons. The molecule has 4 nitrogen and oxygen atoms in total. The monoisotopic (exact) mass is 249 g/mol. The number of nitrogens with two attached hydrogens (primary N) is 1. The molecular weight excluding hydrogens is 229 g/mol. The summed E-state index contributed by atoms with van der Waals surface area (Å²) in [7, 11) is -4.02. The van der Waals surface area contributed by atoms with Crippen molar-refractivity contribution in [1.82, 2.24) is 0 Å². The molecular formula is C8H20KNO3S. The van der Waals surface area contributed by atoms with Crippen LogP contribution in [-0.2, 0) is 10.1 Å². The second kappa shape index (κ2) is 7.73. The van der Waals surface area contributed by atoms with Crippen LogP contribution < -0.4 is 57.1 Å². The summed E-state index contributed by atoms with van der Waals surface area (Å²) in [4.78, 5) is 0. The van der Waals surface area contributed by atoms with Crippen molar-refractivity contribution >= 4 is 10.1 Å². The molecule has 0 rings (SSSR count). The van der Waals surface area contributed by atoms with Crippen LogP contribution in [0.15, 0.2) is 0 Å². The van der Waals surface area contributed by atoms with E-state index in [9.17, 15) is 8.42 Å². The summed E-state index contributed by atoms with van der Waals surface area (Å²) in [6.45, 7) is 3.49. The maximum atomic E-state index is 11.0. The van der Waals surface area contributed by atoms with Crippen molar-refractivity contribution in [3.8, 4) is 0 Å². The summed E-state index contributed by atoms with van der Waals surface area (Å²) >= 11 is 0. The van der Waals surface area contributed by atoms with Crippen LogP contribution in [0.1, 0.15) is 41.0 Å². The van der Waals surface area contributed by atoms with Gasteiger partial charge in [-0.1, -0.05) is 26.2 Å². The van der Waals surface area contributed by atoms with Crippen LogP contribution in [0.2, 0.25) is 0 Å². The van der Waals surface area contributed by atoms with Crippen LogP contribution in [-0.4, -0.2) is 24.3 Å². The van der Waals surface area contributed by atoms with Crippen molar-refractivity contribution in [2.24, 2.45) is 5.73 Å². The standard InChI is InChI=1S/C8H19NO3S.K.H/c1-3-4-5-6-8(2,7-9)13(10,11)12;;/h3-7,9H2,1-2H3,(H,10,11,12);;/q;+1;-1. The maximum Gasteiger partial charge on any atom is 1.00 e. The number of unbranched alkanes of at least 4 members (excludes halogenated alkanes) is 2. The molecule has 0 aliphatic carbocycles. The number of hydrogen-bond donors (Lipinski definition) is 2. The second-order valence-electron chi connectivity index (χ2n) is 3.59. The van der Waals surface area contributed by atoms with E-state index in [2.05, 4.69) is 0 Å². The Morgan fingerprint density at radius 2 is 1.93 bits per heavy atom. The summed E-state index contributed by atoms with van der Waals surface area (Å²) in [5.41, 5.74) is 5.34. The van der Waals surface area contributed by atoms with Crippen molar-refractivity contribution in [3.63, 3.8) is 0 Å². The van der Waals surface area contributed by atoms with E-state index in [-0.39, 0.29) is 59.4 Å². The smallest absolute Gasteiger partial charge is 1.00 e. The minimum Gasteiger partial charge on any atom is -1.00 e. The van der Waals surface area contributed by atoms with Crippen LogP contribution in [0.25, 0.3) is 0 Å². The summed E-state index contributed by atoms with van der Waals surface area (Å²) in [6, 6.07) is 0. The van der Waals surface area contributed by atoms with E-state index in [0.717, 1.165) is 19.3 Å². The van der Waals surface area contributed by atoms with Gasteiger partial charge in [0.25, 0.3) is 10.1 Å². The molecule has 0 heterocycles. The Labute approximate surface area is 131 Å². The van der Waals surface area contributed by atoms with E-state index in [1.54, 1.807) is 0 Å². The van der Waals surface area contributed by atoms with E-state index in [1.165, 1.54) is 6.92 Å². The summed E-state index contributed by atoms with van der Waals surface area (Å²) in [5.74, 6) is 0. The van der Waals surface area contributed by atoms with Gasteiger partial charge in [-0.2, -0.15) is 8.42 Å².